The highest BCUT2D eigenvalue weighted by Crippen LogP contribution is 2.29. The minimum absolute atomic E-state index is 0.209. The normalized spacial score (nSPS) is 13.6. The van der Waals surface area contributed by atoms with Crippen molar-refractivity contribution in [1.82, 2.24) is 0 Å². The lowest BCUT2D eigenvalue weighted by molar-refractivity contribution is 0.601. The fourth-order valence-corrected chi connectivity index (χ4v) is 3.74. The van der Waals surface area contributed by atoms with Crippen molar-refractivity contribution in [3.63, 3.8) is 0 Å². The first kappa shape index (κ1) is 14.5. The number of hydrogen-bond donors (Lipinski definition) is 2. The summed E-state index contributed by atoms with van der Waals surface area (Å²) >= 11 is 11.9. The third-order valence-electron chi connectivity index (χ3n) is 3.27. The van der Waals surface area contributed by atoms with Gasteiger partial charge in [0.15, 0.2) is 0 Å². The molecule has 0 saturated heterocycles. The number of benzene rings is 2. The number of anilines is 2. The quantitative estimate of drug-likeness (QED) is 0.892. The number of fused-ring (bicyclic) bond motifs is 1. The van der Waals surface area contributed by atoms with E-state index >= 15 is 0 Å². The van der Waals surface area contributed by atoms with Gasteiger partial charge in [0.05, 0.1) is 15.6 Å². The Morgan fingerprint density at radius 3 is 2.71 bits per heavy atom. The highest BCUT2D eigenvalue weighted by Gasteiger charge is 2.19. The van der Waals surface area contributed by atoms with Gasteiger partial charge in [-0.05, 0) is 48.4 Å². The van der Waals surface area contributed by atoms with Crippen LogP contribution in [0, 0.1) is 0 Å². The fraction of sp³-hybridized carbons (Fsp3) is 0.143. The molecule has 0 unspecified atom stereocenters. The molecule has 1 aliphatic rings. The predicted molar refractivity (Wildman–Crippen MR) is 85.9 cm³/mol. The van der Waals surface area contributed by atoms with Gasteiger partial charge in [-0.15, -0.1) is 0 Å². The molecule has 0 aliphatic carbocycles. The molecule has 0 amide bonds. The summed E-state index contributed by atoms with van der Waals surface area (Å²) in [5, 5.41) is 3.90. The predicted octanol–water partition coefficient (Wildman–Crippen LogP) is 3.76. The lowest BCUT2D eigenvalue weighted by Crippen LogP contribution is -2.13. The van der Waals surface area contributed by atoms with Crippen LogP contribution in [0.1, 0.15) is 5.56 Å². The Morgan fingerprint density at radius 1 is 1.10 bits per heavy atom. The largest absolute Gasteiger partial charge is 0.384 e. The minimum atomic E-state index is -3.70. The van der Waals surface area contributed by atoms with E-state index in [-0.39, 0.29) is 10.6 Å². The Morgan fingerprint density at radius 2 is 1.90 bits per heavy atom. The van der Waals surface area contributed by atoms with Crippen molar-refractivity contribution in [3.8, 4) is 0 Å². The van der Waals surface area contributed by atoms with Crippen LogP contribution in [-0.2, 0) is 16.4 Å². The zero-order valence-electron chi connectivity index (χ0n) is 10.9. The van der Waals surface area contributed by atoms with E-state index in [2.05, 4.69) is 10.0 Å². The summed E-state index contributed by atoms with van der Waals surface area (Å²) in [4.78, 5) is 0.209. The molecule has 1 heterocycles. The molecule has 2 aromatic carbocycles. The van der Waals surface area contributed by atoms with Crippen LogP contribution in [0.4, 0.5) is 11.4 Å². The van der Waals surface area contributed by atoms with Crippen molar-refractivity contribution in [2.45, 2.75) is 11.3 Å². The maximum atomic E-state index is 12.4. The van der Waals surface area contributed by atoms with E-state index < -0.39 is 10.0 Å². The first-order valence-electron chi connectivity index (χ1n) is 6.30. The van der Waals surface area contributed by atoms with Gasteiger partial charge in [0.2, 0.25) is 0 Å². The van der Waals surface area contributed by atoms with Gasteiger partial charge in [-0.25, -0.2) is 8.42 Å². The van der Waals surface area contributed by atoms with Crippen LogP contribution in [0.3, 0.4) is 0 Å². The summed E-state index contributed by atoms with van der Waals surface area (Å²) < 4.78 is 27.3. The zero-order chi connectivity index (χ0) is 15.0. The number of halogens is 2. The van der Waals surface area contributed by atoms with Crippen molar-refractivity contribution < 1.29 is 8.42 Å². The lowest BCUT2D eigenvalue weighted by Gasteiger charge is -2.11. The van der Waals surface area contributed by atoms with Crippen molar-refractivity contribution in [1.29, 1.82) is 0 Å². The van der Waals surface area contributed by atoms with E-state index in [1.807, 2.05) is 0 Å². The molecule has 21 heavy (non-hydrogen) atoms. The van der Waals surface area contributed by atoms with Crippen LogP contribution >= 0.6 is 23.2 Å². The SMILES string of the molecule is O=S(=O)(Nc1cc(Cl)ccc1Cl)c1ccc2c(c1)CCN2. The van der Waals surface area contributed by atoms with Crippen LogP contribution in [0.25, 0.3) is 0 Å². The number of sulfonamides is 1. The molecule has 0 spiro atoms. The van der Waals surface area contributed by atoms with Crippen LogP contribution in [0.2, 0.25) is 10.0 Å². The molecule has 1 aliphatic heterocycles. The van der Waals surface area contributed by atoms with Crippen molar-refractivity contribution in [3.05, 3.63) is 52.0 Å². The monoisotopic (exact) mass is 342 g/mol. The van der Waals surface area contributed by atoms with E-state index in [0.717, 1.165) is 24.2 Å². The maximum Gasteiger partial charge on any atom is 0.261 e. The molecule has 0 fully saturated rings. The summed E-state index contributed by atoms with van der Waals surface area (Å²) in [6.45, 7) is 0.826. The van der Waals surface area contributed by atoms with E-state index in [0.29, 0.717) is 10.0 Å². The third-order valence-corrected chi connectivity index (χ3v) is 5.20. The molecule has 0 aromatic heterocycles. The Bertz CT molecular complexity index is 807. The van der Waals surface area contributed by atoms with Gasteiger partial charge < -0.3 is 5.32 Å². The second-order valence-electron chi connectivity index (χ2n) is 4.73. The smallest absolute Gasteiger partial charge is 0.261 e. The summed E-state index contributed by atoms with van der Waals surface area (Å²) in [6.07, 6.45) is 0.816. The maximum absolute atomic E-state index is 12.4. The van der Waals surface area contributed by atoms with Crippen LogP contribution < -0.4 is 10.0 Å². The van der Waals surface area contributed by atoms with E-state index in [9.17, 15) is 8.42 Å². The molecule has 2 N–H and O–H groups in total. The van der Waals surface area contributed by atoms with Gasteiger partial charge in [-0.1, -0.05) is 23.2 Å². The molecule has 3 rings (SSSR count). The molecule has 110 valence electrons. The Labute approximate surface area is 133 Å². The van der Waals surface area contributed by atoms with E-state index in [1.165, 1.54) is 6.07 Å². The first-order chi connectivity index (χ1) is 9.95. The Balaban J connectivity index is 1.95. The second kappa shape index (κ2) is 5.40. The van der Waals surface area contributed by atoms with Crippen LogP contribution in [0.15, 0.2) is 41.3 Å². The first-order valence-corrected chi connectivity index (χ1v) is 8.54. The standard InChI is InChI=1S/C14H12Cl2N2O2S/c15-10-1-3-12(16)14(8-10)18-21(19,20)11-2-4-13-9(7-11)5-6-17-13/h1-4,7-8,17-18H,5-6H2. The van der Waals surface area contributed by atoms with Gasteiger partial charge in [-0.3, -0.25) is 4.72 Å². The minimum Gasteiger partial charge on any atom is -0.384 e. The van der Waals surface area contributed by atoms with Gasteiger partial charge in [0.25, 0.3) is 10.0 Å². The molecular formula is C14H12Cl2N2O2S. The number of rotatable bonds is 3. The number of nitrogens with one attached hydrogen (secondary N) is 2. The molecule has 7 heteroatoms. The summed E-state index contributed by atoms with van der Waals surface area (Å²) in [7, 11) is -3.70. The van der Waals surface area contributed by atoms with Crippen molar-refractivity contribution >= 4 is 44.6 Å². The zero-order valence-corrected chi connectivity index (χ0v) is 13.2. The number of hydrogen-bond acceptors (Lipinski definition) is 3. The second-order valence-corrected chi connectivity index (χ2v) is 7.25. The summed E-state index contributed by atoms with van der Waals surface area (Å²) in [5.74, 6) is 0. The molecule has 0 radical (unpaired) electrons. The van der Waals surface area contributed by atoms with E-state index in [4.69, 9.17) is 23.2 Å². The van der Waals surface area contributed by atoms with Crippen molar-refractivity contribution in [2.75, 3.05) is 16.6 Å². The van der Waals surface area contributed by atoms with E-state index in [1.54, 1.807) is 30.3 Å². The van der Waals surface area contributed by atoms with Crippen molar-refractivity contribution in [2.24, 2.45) is 0 Å². The average Bonchev–Trinajstić information content (AvgIpc) is 2.90. The molecule has 0 saturated carbocycles. The van der Waals surface area contributed by atoms with Gasteiger partial charge in [0, 0.05) is 17.3 Å². The molecule has 2 aromatic rings. The van der Waals surface area contributed by atoms with Gasteiger partial charge in [-0.2, -0.15) is 0 Å². The molecule has 0 bridgehead atoms. The average molecular weight is 343 g/mol. The Kier molecular flexibility index (Phi) is 3.73. The molecule has 0 atom stereocenters. The lowest BCUT2D eigenvalue weighted by atomic mass is 10.2. The van der Waals surface area contributed by atoms with Crippen LogP contribution in [0.5, 0.6) is 0 Å². The van der Waals surface area contributed by atoms with Gasteiger partial charge >= 0.3 is 0 Å². The molecule has 4 nitrogen and oxygen atoms in total. The summed E-state index contributed by atoms with van der Waals surface area (Å²) in [5.41, 5.74) is 2.24. The molecular weight excluding hydrogens is 331 g/mol. The summed E-state index contributed by atoms with van der Waals surface area (Å²) in [6, 6.07) is 9.65. The van der Waals surface area contributed by atoms with Crippen LogP contribution in [-0.4, -0.2) is 15.0 Å². The highest BCUT2D eigenvalue weighted by atomic mass is 35.5. The third kappa shape index (κ3) is 2.95. The Hall–Kier alpha value is -1.43. The fourth-order valence-electron chi connectivity index (χ4n) is 2.23. The van der Waals surface area contributed by atoms with Gasteiger partial charge in [0.1, 0.15) is 0 Å². The highest BCUT2D eigenvalue weighted by molar-refractivity contribution is 7.92. The topological polar surface area (TPSA) is 58.2 Å².